The number of nitro benzene ring substituents is 1. The highest BCUT2D eigenvalue weighted by molar-refractivity contribution is 5.98. The first-order chi connectivity index (χ1) is 15.0. The van der Waals surface area contributed by atoms with E-state index in [2.05, 4.69) is 10.7 Å². The Labute approximate surface area is 178 Å². The van der Waals surface area contributed by atoms with Crippen molar-refractivity contribution in [2.24, 2.45) is 0 Å². The molecular weight excluding hydrogens is 396 g/mol. The summed E-state index contributed by atoms with van der Waals surface area (Å²) in [6.45, 7) is 0. The summed E-state index contributed by atoms with van der Waals surface area (Å²) < 4.78 is 1.62. The van der Waals surface area contributed by atoms with Crippen LogP contribution >= 0.6 is 0 Å². The molecule has 3 aromatic carbocycles. The van der Waals surface area contributed by atoms with Gasteiger partial charge < -0.3 is 5.32 Å². The number of amides is 2. The fourth-order valence-electron chi connectivity index (χ4n) is 3.49. The minimum atomic E-state index is -0.829. The maximum Gasteiger partial charge on any atom is 0.304 e. The number of rotatable bonds is 5. The van der Waals surface area contributed by atoms with Gasteiger partial charge in [-0.1, -0.05) is 48.5 Å². The summed E-state index contributed by atoms with van der Waals surface area (Å²) in [6.07, 6.45) is 1.69. The van der Waals surface area contributed by atoms with Crippen LogP contribution in [0.3, 0.4) is 0 Å². The van der Waals surface area contributed by atoms with Gasteiger partial charge in [-0.15, -0.1) is 10.1 Å². The molecule has 8 nitrogen and oxygen atoms in total. The van der Waals surface area contributed by atoms with E-state index in [4.69, 9.17) is 0 Å². The lowest BCUT2D eigenvalue weighted by Gasteiger charge is -2.14. The van der Waals surface area contributed by atoms with Crippen molar-refractivity contribution < 1.29 is 19.2 Å². The van der Waals surface area contributed by atoms with Crippen LogP contribution in [-0.2, 0) is 4.79 Å². The lowest BCUT2D eigenvalue weighted by Crippen LogP contribution is -2.42. The van der Waals surface area contributed by atoms with Crippen LogP contribution in [0.25, 0.3) is 0 Å². The zero-order chi connectivity index (χ0) is 21.8. The lowest BCUT2D eigenvalue weighted by atomic mass is 10.00. The van der Waals surface area contributed by atoms with Gasteiger partial charge in [0.2, 0.25) is 12.3 Å². The van der Waals surface area contributed by atoms with Crippen molar-refractivity contribution in [2.75, 3.05) is 0 Å². The molecule has 0 spiro atoms. The Morgan fingerprint density at radius 3 is 2.19 bits per heavy atom. The summed E-state index contributed by atoms with van der Waals surface area (Å²) in [5, 5.41) is 13.7. The predicted octanol–water partition coefficient (Wildman–Crippen LogP) is 2.61. The van der Waals surface area contributed by atoms with Crippen LogP contribution in [0, 0.1) is 10.1 Å². The number of hydrazine groups is 1. The molecule has 1 saturated heterocycles. The van der Waals surface area contributed by atoms with Crippen molar-refractivity contribution in [2.45, 2.75) is 12.1 Å². The number of benzene rings is 3. The molecule has 2 atom stereocenters. The Balaban J connectivity index is 1.68. The second kappa shape index (κ2) is 8.58. The first-order valence-electron chi connectivity index (χ1n) is 9.62. The summed E-state index contributed by atoms with van der Waals surface area (Å²) in [5.74, 6) is -0.699. The molecule has 0 aliphatic carbocycles. The van der Waals surface area contributed by atoms with Crippen LogP contribution in [0.5, 0.6) is 0 Å². The third-order valence-corrected chi connectivity index (χ3v) is 4.99. The molecule has 4 rings (SSSR count). The van der Waals surface area contributed by atoms with Gasteiger partial charge in [0, 0.05) is 28.8 Å². The third-order valence-electron chi connectivity index (χ3n) is 4.99. The highest BCUT2D eigenvalue weighted by Crippen LogP contribution is 2.25. The molecule has 154 valence electrons. The van der Waals surface area contributed by atoms with Gasteiger partial charge in [0.05, 0.1) is 4.92 Å². The van der Waals surface area contributed by atoms with E-state index in [1.54, 1.807) is 47.3 Å². The Hall–Kier alpha value is -4.33. The number of hydrazone groups is 1. The highest BCUT2D eigenvalue weighted by Gasteiger charge is 2.47. The molecule has 2 N–H and O–H groups in total. The normalized spacial score (nSPS) is 19.1. The number of nitrogens with one attached hydrogen (secondary N) is 2. The molecule has 1 aliphatic rings. The Morgan fingerprint density at radius 1 is 0.968 bits per heavy atom. The van der Waals surface area contributed by atoms with Crippen molar-refractivity contribution in [3.63, 3.8) is 0 Å². The SMILES string of the molecule is O=C(N[C@H]1C(=O)N/[N+](=C\c2ccc([N+](=O)[O-])cc2)[C@@H]1c1ccccc1)c1ccccc1. The summed E-state index contributed by atoms with van der Waals surface area (Å²) in [4.78, 5) is 35.9. The minimum Gasteiger partial charge on any atom is -0.334 e. The van der Waals surface area contributed by atoms with E-state index in [1.807, 2.05) is 36.4 Å². The topological polar surface area (TPSA) is 104 Å². The molecule has 0 radical (unpaired) electrons. The van der Waals surface area contributed by atoms with Crippen molar-refractivity contribution in [3.8, 4) is 0 Å². The van der Waals surface area contributed by atoms with Crippen LogP contribution in [0.4, 0.5) is 5.69 Å². The van der Waals surface area contributed by atoms with E-state index in [9.17, 15) is 19.7 Å². The zero-order valence-electron chi connectivity index (χ0n) is 16.3. The number of nitrogens with zero attached hydrogens (tertiary/aromatic N) is 2. The van der Waals surface area contributed by atoms with Crippen molar-refractivity contribution >= 4 is 23.7 Å². The first kappa shape index (κ1) is 20.0. The molecule has 1 heterocycles. The van der Waals surface area contributed by atoms with E-state index < -0.39 is 17.0 Å². The predicted molar refractivity (Wildman–Crippen MR) is 114 cm³/mol. The monoisotopic (exact) mass is 415 g/mol. The largest absolute Gasteiger partial charge is 0.334 e. The molecule has 3 aromatic rings. The van der Waals surface area contributed by atoms with E-state index in [-0.39, 0.29) is 17.5 Å². The molecule has 0 aromatic heterocycles. The second-order valence-electron chi connectivity index (χ2n) is 7.03. The molecule has 1 aliphatic heterocycles. The molecule has 0 bridgehead atoms. The molecule has 1 fully saturated rings. The molecule has 8 heteroatoms. The number of carbonyl (C=O) groups excluding carboxylic acids is 2. The Morgan fingerprint density at radius 2 is 1.58 bits per heavy atom. The van der Waals surface area contributed by atoms with Gasteiger partial charge in [-0.2, -0.15) is 0 Å². The van der Waals surface area contributed by atoms with Gasteiger partial charge in [-0.05, 0) is 24.3 Å². The summed E-state index contributed by atoms with van der Waals surface area (Å²) in [6, 6.07) is 22.7. The smallest absolute Gasteiger partial charge is 0.304 e. The number of nitro groups is 1. The van der Waals surface area contributed by atoms with Gasteiger partial charge in [0.1, 0.15) is 0 Å². The quantitative estimate of drug-likeness (QED) is 0.380. The van der Waals surface area contributed by atoms with Gasteiger partial charge in [-0.25, -0.2) is 0 Å². The van der Waals surface area contributed by atoms with Gasteiger partial charge >= 0.3 is 5.91 Å². The van der Waals surface area contributed by atoms with E-state index in [0.717, 1.165) is 5.56 Å². The summed E-state index contributed by atoms with van der Waals surface area (Å²) >= 11 is 0. The van der Waals surface area contributed by atoms with Crippen LogP contribution in [0.15, 0.2) is 84.9 Å². The standard InChI is InChI=1S/C23H18N4O4/c28-22(18-9-5-2-6-10-18)24-20-21(17-7-3-1-4-8-17)26(25-23(20)29)15-16-11-13-19(14-12-16)27(30)31/h1-15,20-21H,(H-,24,25,28,29)/p+1/b26-15-/t20-,21-/m1/s1. The minimum absolute atomic E-state index is 0.0183. The van der Waals surface area contributed by atoms with Crippen LogP contribution in [0.2, 0.25) is 0 Å². The van der Waals surface area contributed by atoms with Gasteiger partial charge in [0.15, 0.2) is 6.04 Å². The van der Waals surface area contributed by atoms with Crippen LogP contribution < -0.4 is 10.7 Å². The summed E-state index contributed by atoms with van der Waals surface area (Å²) in [5.41, 5.74) is 4.72. The fourth-order valence-corrected chi connectivity index (χ4v) is 3.49. The third kappa shape index (κ3) is 4.32. The van der Waals surface area contributed by atoms with Gasteiger partial charge in [-0.3, -0.25) is 19.7 Å². The highest BCUT2D eigenvalue weighted by atomic mass is 16.6. The molecule has 0 unspecified atom stereocenters. The van der Waals surface area contributed by atoms with E-state index in [0.29, 0.717) is 11.1 Å². The first-order valence-corrected chi connectivity index (χ1v) is 9.62. The number of carbonyl (C=O) groups is 2. The van der Waals surface area contributed by atoms with Crippen molar-refractivity contribution in [1.82, 2.24) is 10.7 Å². The van der Waals surface area contributed by atoms with Crippen LogP contribution in [0.1, 0.15) is 27.5 Å². The zero-order valence-corrected chi connectivity index (χ0v) is 16.3. The fraction of sp³-hybridized carbons (Fsp3) is 0.0870. The molecule has 2 amide bonds. The van der Waals surface area contributed by atoms with Crippen molar-refractivity contribution in [3.05, 3.63) is 112 Å². The number of hydrogen-bond acceptors (Lipinski definition) is 4. The number of non-ortho nitro benzene ring substituents is 1. The number of hydrogen-bond donors (Lipinski definition) is 2. The second-order valence-corrected chi connectivity index (χ2v) is 7.03. The maximum absolute atomic E-state index is 12.8. The average molecular weight is 415 g/mol. The summed E-state index contributed by atoms with van der Waals surface area (Å²) in [7, 11) is 0. The average Bonchev–Trinajstić information content (AvgIpc) is 3.09. The molecular formula is C23H19N4O4+. The Kier molecular flexibility index (Phi) is 5.53. The van der Waals surface area contributed by atoms with E-state index in [1.165, 1.54) is 12.1 Å². The lowest BCUT2D eigenvalue weighted by molar-refractivity contribution is -0.596. The molecule has 0 saturated carbocycles. The van der Waals surface area contributed by atoms with Crippen LogP contribution in [-0.4, -0.2) is 33.7 Å². The maximum atomic E-state index is 12.8. The van der Waals surface area contributed by atoms with Crippen molar-refractivity contribution in [1.29, 1.82) is 0 Å². The van der Waals surface area contributed by atoms with Gasteiger partial charge in [0.25, 0.3) is 11.6 Å². The molecule has 31 heavy (non-hydrogen) atoms. The Bertz CT molecular complexity index is 1150. The van der Waals surface area contributed by atoms with E-state index >= 15 is 0 Å².